The van der Waals surface area contributed by atoms with Crippen LogP contribution >= 0.6 is 0 Å². The summed E-state index contributed by atoms with van der Waals surface area (Å²) in [4.78, 5) is 2.40. The van der Waals surface area contributed by atoms with E-state index in [0.29, 0.717) is 0 Å². The van der Waals surface area contributed by atoms with Gasteiger partial charge in [-0.25, -0.2) is 0 Å². The summed E-state index contributed by atoms with van der Waals surface area (Å²) in [7, 11) is 0. The third kappa shape index (κ3) is 5.56. The Labute approximate surface area is 355 Å². The molecule has 2 heteroatoms. The third-order valence-electron chi connectivity index (χ3n) is 13.1. The number of rotatable bonds is 6. The van der Waals surface area contributed by atoms with Crippen molar-refractivity contribution in [2.45, 2.75) is 19.3 Å². The molecule has 0 amide bonds. The zero-order valence-corrected chi connectivity index (χ0v) is 34.1. The van der Waals surface area contributed by atoms with Crippen molar-refractivity contribution in [3.8, 4) is 44.5 Å². The van der Waals surface area contributed by atoms with E-state index in [-0.39, 0.29) is 5.41 Å². The Morgan fingerprint density at radius 1 is 0.344 bits per heavy atom. The van der Waals surface area contributed by atoms with Crippen molar-refractivity contribution in [3.05, 3.63) is 223 Å². The molecule has 1 aromatic heterocycles. The molecule has 0 aliphatic heterocycles. The topological polar surface area (TPSA) is 16.4 Å². The van der Waals surface area contributed by atoms with Gasteiger partial charge in [-0.2, -0.15) is 0 Å². The highest BCUT2D eigenvalue weighted by Crippen LogP contribution is 2.51. The van der Waals surface area contributed by atoms with E-state index in [2.05, 4.69) is 231 Å². The van der Waals surface area contributed by atoms with E-state index < -0.39 is 0 Å². The highest BCUT2D eigenvalue weighted by atomic mass is 16.3. The van der Waals surface area contributed by atoms with E-state index in [1.54, 1.807) is 0 Å². The van der Waals surface area contributed by atoms with E-state index >= 15 is 0 Å². The Hall–Kier alpha value is -7.68. The predicted molar refractivity (Wildman–Crippen MR) is 257 cm³/mol. The molecule has 0 spiro atoms. The number of anilines is 3. The fourth-order valence-corrected chi connectivity index (χ4v) is 10.0. The third-order valence-corrected chi connectivity index (χ3v) is 13.1. The van der Waals surface area contributed by atoms with Crippen LogP contribution in [0.4, 0.5) is 17.1 Å². The predicted octanol–water partition coefficient (Wildman–Crippen LogP) is 16.7. The van der Waals surface area contributed by atoms with Gasteiger partial charge in [0.2, 0.25) is 0 Å². The molecule has 0 saturated carbocycles. The van der Waals surface area contributed by atoms with Crippen molar-refractivity contribution >= 4 is 60.5 Å². The second-order valence-electron chi connectivity index (χ2n) is 16.9. The average molecular weight is 780 g/mol. The van der Waals surface area contributed by atoms with Crippen LogP contribution < -0.4 is 4.90 Å². The highest BCUT2D eigenvalue weighted by molar-refractivity contribution is 6.30. The van der Waals surface area contributed by atoms with Crippen molar-refractivity contribution in [3.63, 3.8) is 0 Å². The van der Waals surface area contributed by atoms with E-state index in [9.17, 15) is 0 Å². The molecule has 288 valence electrons. The molecule has 0 bridgehead atoms. The number of furan rings is 1. The molecule has 10 aromatic carbocycles. The van der Waals surface area contributed by atoms with Gasteiger partial charge in [-0.1, -0.05) is 178 Å². The molecule has 0 radical (unpaired) electrons. The lowest BCUT2D eigenvalue weighted by molar-refractivity contribution is 0.660. The van der Waals surface area contributed by atoms with Gasteiger partial charge in [0.25, 0.3) is 0 Å². The maximum atomic E-state index is 6.87. The molecule has 2 nitrogen and oxygen atoms in total. The monoisotopic (exact) mass is 779 g/mol. The minimum Gasteiger partial charge on any atom is -0.455 e. The average Bonchev–Trinajstić information content (AvgIpc) is 3.81. The zero-order chi connectivity index (χ0) is 40.7. The summed E-state index contributed by atoms with van der Waals surface area (Å²) >= 11 is 0. The van der Waals surface area contributed by atoms with Crippen LogP contribution in [0.15, 0.2) is 217 Å². The van der Waals surface area contributed by atoms with Gasteiger partial charge in [0, 0.05) is 38.6 Å². The number of benzene rings is 10. The van der Waals surface area contributed by atoms with Crippen LogP contribution in [0.2, 0.25) is 0 Å². The lowest BCUT2D eigenvalue weighted by Gasteiger charge is -2.28. The van der Waals surface area contributed by atoms with Crippen LogP contribution in [0, 0.1) is 0 Å². The van der Waals surface area contributed by atoms with Gasteiger partial charge in [-0.3, -0.25) is 0 Å². The van der Waals surface area contributed by atoms with Gasteiger partial charge in [0.1, 0.15) is 11.2 Å². The molecule has 0 atom stereocenters. The molecular weight excluding hydrogens is 739 g/mol. The molecule has 11 aromatic rings. The van der Waals surface area contributed by atoms with Crippen LogP contribution in [0.3, 0.4) is 0 Å². The lowest BCUT2D eigenvalue weighted by atomic mass is 9.82. The van der Waals surface area contributed by atoms with Gasteiger partial charge in [0.05, 0.1) is 0 Å². The van der Waals surface area contributed by atoms with Crippen LogP contribution in [0.5, 0.6) is 0 Å². The standard InChI is InChI=1S/C59H41NO/c1-59(2)54-24-14-13-21-47(54)48-34-33-44(35-55(48)59)60(42-29-25-39(26-30-42)38-15-5-3-6-16-38)43-31-27-41(28-32-43)51-36-53-56(37-52(51)40-17-7-4-8-18-40)61-58-50-23-12-10-20-46(50)45-19-9-11-22-49(45)57(53)58/h3-37H,1-2H3. The minimum atomic E-state index is -0.115. The Balaban J connectivity index is 1.03. The van der Waals surface area contributed by atoms with Crippen molar-refractivity contribution < 1.29 is 4.42 Å². The Kier molecular flexibility index (Phi) is 7.92. The van der Waals surface area contributed by atoms with Gasteiger partial charge >= 0.3 is 0 Å². The van der Waals surface area contributed by atoms with E-state index in [1.807, 2.05) is 0 Å². The first-order valence-corrected chi connectivity index (χ1v) is 21.2. The summed E-state index contributed by atoms with van der Waals surface area (Å²) in [6.45, 7) is 4.70. The molecule has 0 fully saturated rings. The van der Waals surface area contributed by atoms with Crippen molar-refractivity contribution in [2.75, 3.05) is 4.90 Å². The second kappa shape index (κ2) is 13.7. The normalized spacial score (nSPS) is 12.9. The summed E-state index contributed by atoms with van der Waals surface area (Å²) in [5.41, 5.74) is 17.4. The fraction of sp³-hybridized carbons (Fsp3) is 0.0508. The van der Waals surface area contributed by atoms with Crippen LogP contribution in [-0.4, -0.2) is 0 Å². The number of hydrogen-bond donors (Lipinski definition) is 0. The van der Waals surface area contributed by atoms with E-state index in [0.717, 1.165) is 61.1 Å². The number of nitrogens with zero attached hydrogens (tertiary/aromatic N) is 1. The smallest absolute Gasteiger partial charge is 0.143 e. The van der Waals surface area contributed by atoms with E-state index in [1.165, 1.54) is 55.1 Å². The van der Waals surface area contributed by atoms with Gasteiger partial charge in [-0.15, -0.1) is 0 Å². The zero-order valence-electron chi connectivity index (χ0n) is 34.1. The summed E-state index contributed by atoms with van der Waals surface area (Å²) in [5.74, 6) is 0. The molecule has 12 rings (SSSR count). The Bertz CT molecular complexity index is 3470. The van der Waals surface area contributed by atoms with E-state index in [4.69, 9.17) is 4.42 Å². The Morgan fingerprint density at radius 2 is 0.836 bits per heavy atom. The quantitative estimate of drug-likeness (QED) is 0.156. The van der Waals surface area contributed by atoms with Crippen LogP contribution in [0.25, 0.3) is 88.0 Å². The SMILES string of the molecule is CC1(C)c2ccccc2-c2ccc(N(c3ccc(-c4ccccc4)cc3)c3ccc(-c4cc5c(cc4-c4ccccc4)oc4c6ccccc6c6ccccc6c54)cc3)cc21. The van der Waals surface area contributed by atoms with Crippen LogP contribution in [-0.2, 0) is 5.41 Å². The largest absolute Gasteiger partial charge is 0.455 e. The van der Waals surface area contributed by atoms with Gasteiger partial charge in [-0.05, 0) is 120 Å². The van der Waals surface area contributed by atoms with Gasteiger partial charge in [0.15, 0.2) is 0 Å². The molecule has 1 aliphatic rings. The Morgan fingerprint density at radius 3 is 1.54 bits per heavy atom. The van der Waals surface area contributed by atoms with Crippen molar-refractivity contribution in [2.24, 2.45) is 0 Å². The molecule has 0 N–H and O–H groups in total. The number of fused-ring (bicyclic) bond motifs is 11. The van der Waals surface area contributed by atoms with Crippen LogP contribution in [0.1, 0.15) is 25.0 Å². The molecule has 0 unspecified atom stereocenters. The number of hydrogen-bond acceptors (Lipinski definition) is 2. The minimum absolute atomic E-state index is 0.115. The molecule has 61 heavy (non-hydrogen) atoms. The summed E-state index contributed by atoms with van der Waals surface area (Å²) in [5, 5.41) is 7.07. The molecular formula is C59H41NO. The maximum Gasteiger partial charge on any atom is 0.143 e. The van der Waals surface area contributed by atoms with Gasteiger partial charge < -0.3 is 9.32 Å². The molecule has 1 aliphatic carbocycles. The first kappa shape index (κ1) is 35.3. The first-order chi connectivity index (χ1) is 30.0. The van der Waals surface area contributed by atoms with Crippen molar-refractivity contribution in [1.82, 2.24) is 0 Å². The summed E-state index contributed by atoms with van der Waals surface area (Å²) in [6, 6.07) is 77.3. The fourth-order valence-electron chi connectivity index (χ4n) is 10.0. The summed E-state index contributed by atoms with van der Waals surface area (Å²) < 4.78 is 6.87. The first-order valence-electron chi connectivity index (χ1n) is 21.2. The maximum absolute atomic E-state index is 6.87. The summed E-state index contributed by atoms with van der Waals surface area (Å²) in [6.07, 6.45) is 0. The van der Waals surface area contributed by atoms with Crippen molar-refractivity contribution in [1.29, 1.82) is 0 Å². The lowest BCUT2D eigenvalue weighted by Crippen LogP contribution is -2.16. The second-order valence-corrected chi connectivity index (χ2v) is 16.9. The molecule has 0 saturated heterocycles. The highest BCUT2D eigenvalue weighted by Gasteiger charge is 2.35. The molecule has 1 heterocycles.